The van der Waals surface area contributed by atoms with Crippen molar-refractivity contribution < 1.29 is 0 Å². The first kappa shape index (κ1) is 16.3. The van der Waals surface area contributed by atoms with Crippen molar-refractivity contribution >= 4 is 11.6 Å². The van der Waals surface area contributed by atoms with Crippen LogP contribution >= 0.6 is 0 Å². The number of rotatable bonds is 6. The summed E-state index contributed by atoms with van der Waals surface area (Å²) in [4.78, 5) is 6.34. The summed E-state index contributed by atoms with van der Waals surface area (Å²) in [5.74, 6) is 0.879. The van der Waals surface area contributed by atoms with Gasteiger partial charge in [0.25, 0.3) is 0 Å². The molecule has 1 aromatic carbocycles. The SMILES string of the molecule is CCC(C)NC(=NC)NCCc1ccc(N(C)C)cc1. The van der Waals surface area contributed by atoms with Gasteiger partial charge in [-0.2, -0.15) is 0 Å². The predicted octanol–water partition coefficient (Wildman–Crippen LogP) is 2.26. The maximum Gasteiger partial charge on any atom is 0.191 e. The summed E-state index contributed by atoms with van der Waals surface area (Å²) in [5, 5.41) is 6.71. The third kappa shape index (κ3) is 5.51. The molecule has 1 atom stereocenters. The summed E-state index contributed by atoms with van der Waals surface area (Å²) in [6, 6.07) is 9.12. The van der Waals surface area contributed by atoms with E-state index in [0.29, 0.717) is 6.04 Å². The number of aliphatic imine (C=N–C) groups is 1. The van der Waals surface area contributed by atoms with Crippen LogP contribution in [0.15, 0.2) is 29.3 Å². The van der Waals surface area contributed by atoms with Crippen LogP contribution in [-0.2, 0) is 6.42 Å². The zero-order valence-electron chi connectivity index (χ0n) is 13.4. The van der Waals surface area contributed by atoms with Crippen molar-refractivity contribution in [2.75, 3.05) is 32.6 Å². The molecule has 0 radical (unpaired) electrons. The molecule has 0 saturated heterocycles. The summed E-state index contributed by atoms with van der Waals surface area (Å²) in [6.45, 7) is 5.21. The first-order valence-corrected chi connectivity index (χ1v) is 7.30. The summed E-state index contributed by atoms with van der Waals surface area (Å²) < 4.78 is 0. The minimum atomic E-state index is 0.445. The van der Waals surface area contributed by atoms with E-state index >= 15 is 0 Å². The average Bonchev–Trinajstić information content (AvgIpc) is 2.46. The fourth-order valence-corrected chi connectivity index (χ4v) is 1.82. The van der Waals surface area contributed by atoms with Crippen molar-refractivity contribution in [1.82, 2.24) is 10.6 Å². The van der Waals surface area contributed by atoms with Crippen LogP contribution in [0.3, 0.4) is 0 Å². The second-order valence-corrected chi connectivity index (χ2v) is 5.26. The van der Waals surface area contributed by atoms with Gasteiger partial charge in [0.2, 0.25) is 0 Å². The van der Waals surface area contributed by atoms with Crippen LogP contribution in [0, 0.1) is 0 Å². The lowest BCUT2D eigenvalue weighted by molar-refractivity contribution is 0.624. The highest BCUT2D eigenvalue weighted by Crippen LogP contribution is 2.12. The highest BCUT2D eigenvalue weighted by molar-refractivity contribution is 5.79. The molecule has 0 aliphatic carbocycles. The number of anilines is 1. The second kappa shape index (κ2) is 8.46. The van der Waals surface area contributed by atoms with E-state index in [-0.39, 0.29) is 0 Å². The summed E-state index contributed by atoms with van der Waals surface area (Å²) in [6.07, 6.45) is 2.08. The van der Waals surface area contributed by atoms with E-state index in [1.54, 1.807) is 0 Å². The molecule has 20 heavy (non-hydrogen) atoms. The standard InChI is InChI=1S/C16H28N4/c1-6-13(2)19-16(17-3)18-12-11-14-7-9-15(10-8-14)20(4)5/h7-10,13H,6,11-12H2,1-5H3,(H2,17,18,19). The van der Waals surface area contributed by atoms with Gasteiger partial charge in [-0.05, 0) is 37.5 Å². The molecular formula is C16H28N4. The molecule has 4 nitrogen and oxygen atoms in total. The highest BCUT2D eigenvalue weighted by atomic mass is 15.2. The quantitative estimate of drug-likeness (QED) is 0.618. The van der Waals surface area contributed by atoms with Crippen LogP contribution in [0.5, 0.6) is 0 Å². The van der Waals surface area contributed by atoms with E-state index in [1.165, 1.54) is 11.3 Å². The smallest absolute Gasteiger partial charge is 0.191 e. The monoisotopic (exact) mass is 276 g/mol. The van der Waals surface area contributed by atoms with E-state index in [2.05, 4.69) is 72.7 Å². The molecule has 0 fully saturated rings. The zero-order valence-corrected chi connectivity index (χ0v) is 13.4. The Bertz CT molecular complexity index is 409. The summed E-state index contributed by atoms with van der Waals surface area (Å²) >= 11 is 0. The Morgan fingerprint density at radius 3 is 2.40 bits per heavy atom. The van der Waals surface area contributed by atoms with Gasteiger partial charge in [0.05, 0.1) is 0 Å². The van der Waals surface area contributed by atoms with E-state index in [9.17, 15) is 0 Å². The first-order chi connectivity index (χ1) is 9.56. The topological polar surface area (TPSA) is 39.7 Å². The maximum atomic E-state index is 4.23. The van der Waals surface area contributed by atoms with Gasteiger partial charge < -0.3 is 15.5 Å². The van der Waals surface area contributed by atoms with Crippen molar-refractivity contribution in [1.29, 1.82) is 0 Å². The van der Waals surface area contributed by atoms with Crippen molar-refractivity contribution in [2.45, 2.75) is 32.7 Å². The molecule has 0 aliphatic heterocycles. The van der Waals surface area contributed by atoms with Crippen LogP contribution in [-0.4, -0.2) is 39.7 Å². The van der Waals surface area contributed by atoms with Gasteiger partial charge in [-0.25, -0.2) is 0 Å². The Balaban J connectivity index is 2.39. The van der Waals surface area contributed by atoms with E-state index in [4.69, 9.17) is 0 Å². The molecule has 0 bridgehead atoms. The summed E-state index contributed by atoms with van der Waals surface area (Å²) in [5.41, 5.74) is 2.57. The van der Waals surface area contributed by atoms with Crippen molar-refractivity contribution in [3.05, 3.63) is 29.8 Å². The fourth-order valence-electron chi connectivity index (χ4n) is 1.82. The van der Waals surface area contributed by atoms with E-state index in [0.717, 1.165) is 25.3 Å². The van der Waals surface area contributed by atoms with Gasteiger partial charge in [-0.3, -0.25) is 4.99 Å². The van der Waals surface area contributed by atoms with Crippen LogP contribution in [0.4, 0.5) is 5.69 Å². The van der Waals surface area contributed by atoms with Gasteiger partial charge in [-0.15, -0.1) is 0 Å². The fraction of sp³-hybridized carbons (Fsp3) is 0.562. The van der Waals surface area contributed by atoms with Crippen LogP contribution < -0.4 is 15.5 Å². The number of hydrogen-bond acceptors (Lipinski definition) is 2. The van der Waals surface area contributed by atoms with Gasteiger partial charge in [0, 0.05) is 39.4 Å². The van der Waals surface area contributed by atoms with Gasteiger partial charge in [0.1, 0.15) is 0 Å². The molecule has 0 aliphatic rings. The number of hydrogen-bond donors (Lipinski definition) is 2. The minimum absolute atomic E-state index is 0.445. The number of guanidine groups is 1. The van der Waals surface area contributed by atoms with Crippen LogP contribution in [0.2, 0.25) is 0 Å². The van der Waals surface area contributed by atoms with Gasteiger partial charge >= 0.3 is 0 Å². The van der Waals surface area contributed by atoms with Crippen molar-refractivity contribution in [2.24, 2.45) is 4.99 Å². The molecule has 1 unspecified atom stereocenters. The Labute approximate surface area is 123 Å². The third-order valence-corrected chi connectivity index (χ3v) is 3.38. The lowest BCUT2D eigenvalue weighted by Crippen LogP contribution is -2.42. The molecule has 2 N–H and O–H groups in total. The Kier molecular flexibility index (Phi) is 6.91. The van der Waals surface area contributed by atoms with Crippen LogP contribution in [0.1, 0.15) is 25.8 Å². The first-order valence-electron chi connectivity index (χ1n) is 7.30. The zero-order chi connectivity index (χ0) is 15.0. The Hall–Kier alpha value is -1.71. The van der Waals surface area contributed by atoms with E-state index in [1.807, 2.05) is 7.05 Å². The molecule has 0 spiro atoms. The molecule has 0 heterocycles. The minimum Gasteiger partial charge on any atom is -0.378 e. The van der Waals surface area contributed by atoms with Gasteiger partial charge in [0.15, 0.2) is 5.96 Å². The molecule has 112 valence electrons. The number of nitrogens with one attached hydrogen (secondary N) is 2. The van der Waals surface area contributed by atoms with Crippen LogP contribution in [0.25, 0.3) is 0 Å². The Morgan fingerprint density at radius 2 is 1.90 bits per heavy atom. The second-order valence-electron chi connectivity index (χ2n) is 5.26. The summed E-state index contributed by atoms with van der Waals surface area (Å²) in [7, 11) is 5.92. The highest BCUT2D eigenvalue weighted by Gasteiger charge is 2.02. The average molecular weight is 276 g/mol. The Morgan fingerprint density at radius 1 is 1.25 bits per heavy atom. The lowest BCUT2D eigenvalue weighted by Gasteiger charge is -2.16. The molecule has 4 heteroatoms. The largest absolute Gasteiger partial charge is 0.378 e. The molecule has 0 saturated carbocycles. The number of nitrogens with zero attached hydrogens (tertiary/aromatic N) is 2. The maximum absolute atomic E-state index is 4.23. The predicted molar refractivity (Wildman–Crippen MR) is 88.7 cm³/mol. The lowest BCUT2D eigenvalue weighted by atomic mass is 10.1. The van der Waals surface area contributed by atoms with Gasteiger partial charge in [-0.1, -0.05) is 19.1 Å². The normalized spacial score (nSPS) is 12.9. The third-order valence-electron chi connectivity index (χ3n) is 3.38. The molecule has 0 amide bonds. The van der Waals surface area contributed by atoms with E-state index < -0.39 is 0 Å². The molecule has 1 aromatic rings. The number of benzene rings is 1. The molecule has 1 rings (SSSR count). The van der Waals surface area contributed by atoms with Crippen molar-refractivity contribution in [3.8, 4) is 0 Å². The van der Waals surface area contributed by atoms with Crippen molar-refractivity contribution in [3.63, 3.8) is 0 Å². The molecular weight excluding hydrogens is 248 g/mol. The molecule has 0 aromatic heterocycles.